The van der Waals surface area contributed by atoms with Crippen LogP contribution < -0.4 is 5.32 Å². The first-order valence-corrected chi connectivity index (χ1v) is 6.52. The number of nitrogens with zero attached hydrogens (tertiary/aromatic N) is 2. The molecule has 0 aliphatic heterocycles. The van der Waals surface area contributed by atoms with E-state index >= 15 is 0 Å². The van der Waals surface area contributed by atoms with Crippen molar-refractivity contribution in [2.45, 2.75) is 24.8 Å². The molecule has 2 aromatic rings. The van der Waals surface area contributed by atoms with Crippen molar-refractivity contribution in [3.63, 3.8) is 0 Å². The molecule has 0 saturated carbocycles. The van der Waals surface area contributed by atoms with Crippen LogP contribution in [-0.2, 0) is 13.5 Å². The average molecular weight is 241 g/mol. The van der Waals surface area contributed by atoms with Crippen molar-refractivity contribution in [1.29, 1.82) is 0 Å². The highest BCUT2D eigenvalue weighted by atomic mass is 15.3. The van der Waals surface area contributed by atoms with Gasteiger partial charge < -0.3 is 5.32 Å². The highest BCUT2D eigenvalue weighted by molar-refractivity contribution is 5.40. The summed E-state index contributed by atoms with van der Waals surface area (Å²) in [5.74, 6) is 0.688. The number of rotatable bonds is 4. The van der Waals surface area contributed by atoms with Gasteiger partial charge in [-0.25, -0.2) is 0 Å². The standard InChI is InChI=1S/C15H19N3/c1-16-14(15-7-8-17-18(15)2)10-12-9-11-5-3-4-6-13(11)12/h3-8,12,14,16H,9-10H2,1-2H3. The third-order valence-corrected chi connectivity index (χ3v) is 4.05. The lowest BCUT2D eigenvalue weighted by atomic mass is 9.74. The molecule has 1 aliphatic rings. The lowest BCUT2D eigenvalue weighted by molar-refractivity contribution is 0.432. The molecule has 3 rings (SSSR count). The van der Waals surface area contributed by atoms with Crippen LogP contribution in [0.3, 0.4) is 0 Å². The Balaban J connectivity index is 1.76. The first-order valence-electron chi connectivity index (χ1n) is 6.52. The minimum absolute atomic E-state index is 0.385. The summed E-state index contributed by atoms with van der Waals surface area (Å²) in [7, 11) is 4.04. The van der Waals surface area contributed by atoms with E-state index in [0.717, 1.165) is 6.42 Å². The molecule has 1 heterocycles. The number of nitrogens with one attached hydrogen (secondary N) is 1. The second-order valence-electron chi connectivity index (χ2n) is 5.06. The molecule has 0 radical (unpaired) electrons. The fourth-order valence-corrected chi connectivity index (χ4v) is 2.97. The second kappa shape index (κ2) is 4.58. The molecule has 0 spiro atoms. The largest absolute Gasteiger partial charge is 0.312 e. The molecule has 18 heavy (non-hydrogen) atoms. The van der Waals surface area contributed by atoms with Gasteiger partial charge in [-0.2, -0.15) is 5.10 Å². The van der Waals surface area contributed by atoms with Gasteiger partial charge in [0.25, 0.3) is 0 Å². The van der Waals surface area contributed by atoms with Crippen LogP contribution in [0, 0.1) is 0 Å². The number of benzene rings is 1. The summed E-state index contributed by atoms with van der Waals surface area (Å²) in [6.45, 7) is 0. The number of aromatic nitrogens is 2. The van der Waals surface area contributed by atoms with E-state index in [9.17, 15) is 0 Å². The Labute approximate surface area is 108 Å². The predicted octanol–water partition coefficient (Wildman–Crippen LogP) is 2.41. The van der Waals surface area contributed by atoms with E-state index in [0.29, 0.717) is 12.0 Å². The maximum Gasteiger partial charge on any atom is 0.0550 e. The zero-order chi connectivity index (χ0) is 12.5. The highest BCUT2D eigenvalue weighted by Gasteiger charge is 2.28. The Bertz CT molecular complexity index is 544. The molecule has 0 fully saturated rings. The molecule has 3 heteroatoms. The quantitative estimate of drug-likeness (QED) is 0.891. The topological polar surface area (TPSA) is 29.9 Å². The Hall–Kier alpha value is -1.61. The third-order valence-electron chi connectivity index (χ3n) is 4.05. The molecular formula is C15H19N3. The van der Waals surface area contributed by atoms with Gasteiger partial charge in [0.15, 0.2) is 0 Å². The van der Waals surface area contributed by atoms with Gasteiger partial charge in [-0.05, 0) is 43.0 Å². The lowest BCUT2D eigenvalue weighted by Crippen LogP contribution is -2.26. The predicted molar refractivity (Wildman–Crippen MR) is 72.5 cm³/mol. The van der Waals surface area contributed by atoms with Gasteiger partial charge in [0, 0.05) is 19.3 Å². The van der Waals surface area contributed by atoms with Gasteiger partial charge >= 0.3 is 0 Å². The minimum Gasteiger partial charge on any atom is -0.312 e. The number of hydrogen-bond acceptors (Lipinski definition) is 2. The maximum atomic E-state index is 4.26. The monoisotopic (exact) mass is 241 g/mol. The van der Waals surface area contributed by atoms with Crippen molar-refractivity contribution in [1.82, 2.24) is 15.1 Å². The fraction of sp³-hybridized carbons (Fsp3) is 0.400. The number of fused-ring (bicyclic) bond motifs is 1. The normalized spacial score (nSPS) is 19.1. The summed E-state index contributed by atoms with van der Waals surface area (Å²) < 4.78 is 1.96. The van der Waals surface area contributed by atoms with Crippen molar-refractivity contribution < 1.29 is 0 Å². The van der Waals surface area contributed by atoms with E-state index in [4.69, 9.17) is 0 Å². The molecule has 1 aromatic carbocycles. The van der Waals surface area contributed by atoms with Crippen molar-refractivity contribution in [3.05, 3.63) is 53.3 Å². The maximum absolute atomic E-state index is 4.26. The van der Waals surface area contributed by atoms with Crippen molar-refractivity contribution in [2.24, 2.45) is 7.05 Å². The summed E-state index contributed by atoms with van der Waals surface area (Å²) >= 11 is 0. The van der Waals surface area contributed by atoms with E-state index in [1.807, 2.05) is 25.0 Å². The van der Waals surface area contributed by atoms with Gasteiger partial charge in [-0.1, -0.05) is 24.3 Å². The van der Waals surface area contributed by atoms with Crippen LogP contribution in [0.2, 0.25) is 0 Å². The Morgan fingerprint density at radius 1 is 1.39 bits per heavy atom. The third kappa shape index (κ3) is 1.85. The minimum atomic E-state index is 0.385. The van der Waals surface area contributed by atoms with E-state index in [-0.39, 0.29) is 0 Å². The van der Waals surface area contributed by atoms with Crippen molar-refractivity contribution >= 4 is 0 Å². The summed E-state index contributed by atoms with van der Waals surface area (Å²) in [5, 5.41) is 7.67. The summed E-state index contributed by atoms with van der Waals surface area (Å²) in [6, 6.07) is 11.3. The van der Waals surface area contributed by atoms with Gasteiger partial charge in [0.05, 0.1) is 5.69 Å². The molecule has 1 aromatic heterocycles. The van der Waals surface area contributed by atoms with Gasteiger partial charge in [0.2, 0.25) is 0 Å². The summed E-state index contributed by atoms with van der Waals surface area (Å²) in [6.07, 6.45) is 4.23. The first-order chi connectivity index (χ1) is 8.79. The van der Waals surface area contributed by atoms with Crippen molar-refractivity contribution in [2.75, 3.05) is 7.05 Å². The number of hydrogen-bond donors (Lipinski definition) is 1. The smallest absolute Gasteiger partial charge is 0.0550 e. The van der Waals surface area contributed by atoms with E-state index < -0.39 is 0 Å². The Kier molecular flexibility index (Phi) is 2.92. The Morgan fingerprint density at radius 3 is 2.89 bits per heavy atom. The highest BCUT2D eigenvalue weighted by Crippen LogP contribution is 2.40. The molecule has 2 unspecified atom stereocenters. The van der Waals surface area contributed by atoms with Gasteiger partial charge in [0.1, 0.15) is 0 Å². The molecule has 2 atom stereocenters. The van der Waals surface area contributed by atoms with Gasteiger partial charge in [-0.3, -0.25) is 4.68 Å². The molecule has 1 N–H and O–H groups in total. The molecule has 94 valence electrons. The molecule has 1 aliphatic carbocycles. The SMILES string of the molecule is CNC(CC1Cc2ccccc21)c1ccnn1C. The lowest BCUT2D eigenvalue weighted by Gasteiger charge is -2.33. The van der Waals surface area contributed by atoms with E-state index in [2.05, 4.69) is 40.7 Å². The molecular weight excluding hydrogens is 222 g/mol. The van der Waals surface area contributed by atoms with Crippen LogP contribution in [0.25, 0.3) is 0 Å². The van der Waals surface area contributed by atoms with E-state index in [1.165, 1.54) is 23.2 Å². The first kappa shape index (κ1) is 11.5. The van der Waals surface area contributed by atoms with E-state index in [1.54, 1.807) is 0 Å². The van der Waals surface area contributed by atoms with Crippen LogP contribution in [0.15, 0.2) is 36.5 Å². The second-order valence-corrected chi connectivity index (χ2v) is 5.06. The van der Waals surface area contributed by atoms with Crippen LogP contribution in [0.1, 0.15) is 35.2 Å². The van der Waals surface area contributed by atoms with Crippen LogP contribution in [-0.4, -0.2) is 16.8 Å². The molecule has 0 saturated heterocycles. The zero-order valence-corrected chi connectivity index (χ0v) is 10.9. The van der Waals surface area contributed by atoms with Crippen LogP contribution >= 0.6 is 0 Å². The van der Waals surface area contributed by atoms with Crippen LogP contribution in [0.4, 0.5) is 0 Å². The summed E-state index contributed by atoms with van der Waals surface area (Å²) in [4.78, 5) is 0. The van der Waals surface area contributed by atoms with Crippen molar-refractivity contribution in [3.8, 4) is 0 Å². The fourth-order valence-electron chi connectivity index (χ4n) is 2.97. The zero-order valence-electron chi connectivity index (χ0n) is 10.9. The molecule has 0 bridgehead atoms. The summed E-state index contributed by atoms with van der Waals surface area (Å²) in [5.41, 5.74) is 4.31. The average Bonchev–Trinajstić information content (AvgIpc) is 2.77. The number of aryl methyl sites for hydroxylation is 1. The van der Waals surface area contributed by atoms with Crippen LogP contribution in [0.5, 0.6) is 0 Å². The molecule has 0 amide bonds. The molecule has 3 nitrogen and oxygen atoms in total. The van der Waals surface area contributed by atoms with Gasteiger partial charge in [-0.15, -0.1) is 0 Å². The Morgan fingerprint density at radius 2 is 2.22 bits per heavy atom.